The van der Waals surface area contributed by atoms with Gasteiger partial charge in [0.2, 0.25) is 0 Å². The third kappa shape index (κ3) is 3.69. The van der Waals surface area contributed by atoms with Gasteiger partial charge < -0.3 is 4.42 Å². The monoisotopic (exact) mass is 395 g/mol. The first-order chi connectivity index (χ1) is 13.9. The van der Waals surface area contributed by atoms with Crippen molar-refractivity contribution in [2.24, 2.45) is 0 Å². The second-order valence-corrected chi connectivity index (χ2v) is 6.51. The van der Waals surface area contributed by atoms with Gasteiger partial charge in [0.05, 0.1) is 19.6 Å². The maximum Gasteiger partial charge on any atom is 0.336 e. The summed E-state index contributed by atoms with van der Waals surface area (Å²) >= 11 is 0. The molecule has 0 amide bonds. The first-order valence-corrected chi connectivity index (χ1v) is 9.13. The fraction of sp³-hybridized carbons (Fsp3) is 0.238. The van der Waals surface area contributed by atoms with Crippen LogP contribution >= 0.6 is 0 Å². The molecule has 0 saturated heterocycles. The second-order valence-electron chi connectivity index (χ2n) is 6.51. The van der Waals surface area contributed by atoms with Gasteiger partial charge in [-0.25, -0.2) is 32.9 Å². The molecule has 2 aromatic heterocycles. The van der Waals surface area contributed by atoms with E-state index < -0.39 is 22.7 Å². The van der Waals surface area contributed by atoms with E-state index in [4.69, 9.17) is 4.42 Å². The van der Waals surface area contributed by atoms with E-state index in [1.807, 2.05) is 13.0 Å². The van der Waals surface area contributed by atoms with Crippen molar-refractivity contribution >= 4 is 11.0 Å². The van der Waals surface area contributed by atoms with E-state index in [2.05, 4.69) is 13.2 Å². The van der Waals surface area contributed by atoms with Crippen LogP contribution in [-0.2, 0) is 26.1 Å². The smallest absolute Gasteiger partial charge is 0.336 e. The highest BCUT2D eigenvalue weighted by atomic mass is 16.4. The lowest BCUT2D eigenvalue weighted by Crippen LogP contribution is -2.54. The minimum absolute atomic E-state index is 0.0490. The van der Waals surface area contributed by atoms with Crippen LogP contribution in [0.1, 0.15) is 18.1 Å². The summed E-state index contributed by atoms with van der Waals surface area (Å²) in [5, 5.41) is 0.616. The largest absolute Gasteiger partial charge is 0.423 e. The van der Waals surface area contributed by atoms with Gasteiger partial charge in [-0.05, 0) is 23.6 Å². The summed E-state index contributed by atoms with van der Waals surface area (Å²) < 4.78 is 8.04. The molecule has 0 aliphatic heterocycles. The van der Waals surface area contributed by atoms with E-state index in [1.165, 1.54) is 18.2 Å². The van der Waals surface area contributed by atoms with Crippen molar-refractivity contribution in [1.82, 2.24) is 13.7 Å². The van der Waals surface area contributed by atoms with Crippen molar-refractivity contribution in [2.45, 2.75) is 33.0 Å². The molecule has 8 nitrogen and oxygen atoms in total. The zero-order valence-corrected chi connectivity index (χ0v) is 16.1. The van der Waals surface area contributed by atoms with Crippen LogP contribution in [0.15, 0.2) is 73.2 Å². The minimum atomic E-state index is -0.771. The Bertz CT molecular complexity index is 1290. The van der Waals surface area contributed by atoms with Gasteiger partial charge in [0.15, 0.2) is 0 Å². The Hall–Kier alpha value is -3.68. The predicted molar refractivity (Wildman–Crippen MR) is 111 cm³/mol. The van der Waals surface area contributed by atoms with Crippen molar-refractivity contribution in [3.05, 3.63) is 103 Å². The number of fused-ring (bicyclic) bond motifs is 1. The molecule has 3 rings (SSSR count). The summed E-state index contributed by atoms with van der Waals surface area (Å²) in [5.41, 5.74) is -1.04. The van der Waals surface area contributed by atoms with E-state index >= 15 is 0 Å². The minimum Gasteiger partial charge on any atom is -0.423 e. The maximum absolute atomic E-state index is 12.8. The quantitative estimate of drug-likeness (QED) is 0.443. The molecule has 2 heterocycles. The Balaban J connectivity index is 2.28. The van der Waals surface area contributed by atoms with Crippen LogP contribution in [0.4, 0.5) is 0 Å². The first kappa shape index (κ1) is 20.1. The molecule has 0 saturated carbocycles. The Morgan fingerprint density at radius 1 is 0.897 bits per heavy atom. The van der Waals surface area contributed by atoms with Crippen molar-refractivity contribution in [2.75, 3.05) is 0 Å². The number of benzene rings is 1. The van der Waals surface area contributed by atoms with Crippen molar-refractivity contribution in [1.29, 1.82) is 0 Å². The highest BCUT2D eigenvalue weighted by Gasteiger charge is 2.16. The molecule has 1 aromatic carbocycles. The lowest BCUT2D eigenvalue weighted by molar-refractivity contribution is 0.497. The molecule has 0 radical (unpaired) electrons. The molecule has 0 N–H and O–H groups in total. The van der Waals surface area contributed by atoms with Crippen LogP contribution in [0.25, 0.3) is 11.0 Å². The number of rotatable bonds is 7. The maximum atomic E-state index is 12.8. The lowest BCUT2D eigenvalue weighted by atomic mass is 10.1. The van der Waals surface area contributed by atoms with Gasteiger partial charge in [0, 0.05) is 11.5 Å². The van der Waals surface area contributed by atoms with Crippen LogP contribution in [0.3, 0.4) is 0 Å². The van der Waals surface area contributed by atoms with Gasteiger partial charge in [-0.3, -0.25) is 0 Å². The summed E-state index contributed by atoms with van der Waals surface area (Å²) in [7, 11) is 0. The number of aryl methyl sites for hydroxylation is 1. The van der Waals surface area contributed by atoms with Crippen LogP contribution < -0.4 is 22.7 Å². The molecule has 29 heavy (non-hydrogen) atoms. The summed E-state index contributed by atoms with van der Waals surface area (Å²) in [6, 6.07) is 6.70. The fourth-order valence-corrected chi connectivity index (χ4v) is 3.18. The second kappa shape index (κ2) is 8.14. The van der Waals surface area contributed by atoms with E-state index in [9.17, 15) is 19.2 Å². The predicted octanol–water partition coefficient (Wildman–Crippen LogP) is 1.26. The van der Waals surface area contributed by atoms with E-state index in [-0.39, 0.29) is 19.6 Å². The highest BCUT2D eigenvalue weighted by Crippen LogP contribution is 2.19. The molecule has 0 aliphatic rings. The van der Waals surface area contributed by atoms with Gasteiger partial charge in [0.1, 0.15) is 5.58 Å². The van der Waals surface area contributed by atoms with Crippen LogP contribution in [0.5, 0.6) is 0 Å². The van der Waals surface area contributed by atoms with Gasteiger partial charge in [0.25, 0.3) is 0 Å². The molecule has 0 spiro atoms. The molecule has 0 bridgehead atoms. The van der Waals surface area contributed by atoms with Gasteiger partial charge in [-0.1, -0.05) is 31.2 Å². The third-order valence-electron chi connectivity index (χ3n) is 4.64. The lowest BCUT2D eigenvalue weighted by Gasteiger charge is -2.13. The number of hydrogen-bond donors (Lipinski definition) is 0. The summed E-state index contributed by atoms with van der Waals surface area (Å²) in [6.07, 6.45) is 3.56. The molecule has 0 aliphatic carbocycles. The Kier molecular flexibility index (Phi) is 5.63. The van der Waals surface area contributed by atoms with Gasteiger partial charge in [-0.15, -0.1) is 13.2 Å². The number of aromatic nitrogens is 3. The molecular weight excluding hydrogens is 374 g/mol. The average molecular weight is 395 g/mol. The molecule has 0 atom stereocenters. The normalized spacial score (nSPS) is 10.9. The van der Waals surface area contributed by atoms with Crippen molar-refractivity contribution < 1.29 is 4.42 Å². The fourth-order valence-electron chi connectivity index (χ4n) is 3.18. The van der Waals surface area contributed by atoms with E-state index in [0.717, 1.165) is 25.7 Å². The number of allylic oxidation sites excluding steroid dienone is 2. The van der Waals surface area contributed by atoms with E-state index in [0.29, 0.717) is 16.5 Å². The Morgan fingerprint density at radius 2 is 1.48 bits per heavy atom. The standard InChI is InChI=1S/C21H21N3O5/c1-4-9-22-19(26)23(10-5-2)21(28)24(20(22)27)13-15-12-18(25)29-17-11-14(6-3)7-8-16(15)17/h4-5,7-8,11-12H,1-2,6,9-10,13H2,3H3. The first-order valence-electron chi connectivity index (χ1n) is 9.13. The summed E-state index contributed by atoms with van der Waals surface area (Å²) in [5.74, 6) is 0. The Labute approximate surface area is 165 Å². The SMILES string of the molecule is C=CCn1c(=O)n(CC=C)c(=O)n(Cc2cc(=O)oc3cc(CC)ccc23)c1=O. The molecule has 0 fully saturated rings. The highest BCUT2D eigenvalue weighted by molar-refractivity contribution is 5.80. The van der Waals surface area contributed by atoms with Gasteiger partial charge >= 0.3 is 22.7 Å². The third-order valence-corrected chi connectivity index (χ3v) is 4.64. The summed E-state index contributed by atoms with van der Waals surface area (Å²) in [6.45, 7) is 8.80. The zero-order valence-electron chi connectivity index (χ0n) is 16.1. The van der Waals surface area contributed by atoms with Crippen LogP contribution in [-0.4, -0.2) is 13.7 Å². The molecular formula is C21H21N3O5. The van der Waals surface area contributed by atoms with Gasteiger partial charge in [-0.2, -0.15) is 0 Å². The molecule has 150 valence electrons. The van der Waals surface area contributed by atoms with Crippen molar-refractivity contribution in [3.63, 3.8) is 0 Å². The molecule has 8 heteroatoms. The summed E-state index contributed by atoms with van der Waals surface area (Å²) in [4.78, 5) is 50.2. The zero-order chi connectivity index (χ0) is 21.1. The van der Waals surface area contributed by atoms with Crippen LogP contribution in [0.2, 0.25) is 0 Å². The number of hydrogen-bond acceptors (Lipinski definition) is 5. The topological polar surface area (TPSA) is 96.2 Å². The Morgan fingerprint density at radius 3 is 2.03 bits per heavy atom. The molecule has 3 aromatic rings. The molecule has 0 unspecified atom stereocenters. The van der Waals surface area contributed by atoms with E-state index in [1.54, 1.807) is 12.1 Å². The van der Waals surface area contributed by atoms with Crippen LogP contribution in [0, 0.1) is 0 Å². The van der Waals surface area contributed by atoms with Crippen molar-refractivity contribution in [3.8, 4) is 0 Å². The average Bonchev–Trinajstić information content (AvgIpc) is 2.71. The number of nitrogens with zero attached hydrogens (tertiary/aromatic N) is 3.